The van der Waals surface area contributed by atoms with Crippen molar-refractivity contribution < 1.29 is 14.7 Å². The van der Waals surface area contributed by atoms with Gasteiger partial charge in [-0.1, -0.05) is 36.4 Å². The van der Waals surface area contributed by atoms with Crippen molar-refractivity contribution in [2.24, 2.45) is 5.10 Å². The molecule has 1 atom stereocenters. The number of hydrogen-bond donors (Lipinski definition) is 2. The van der Waals surface area contributed by atoms with Crippen molar-refractivity contribution in [1.29, 1.82) is 0 Å². The molecule has 5 rings (SSSR count). The minimum absolute atomic E-state index is 0.0189. The maximum atomic E-state index is 13.2. The number of amides is 1. The van der Waals surface area contributed by atoms with Crippen LogP contribution in [0.3, 0.4) is 0 Å². The van der Waals surface area contributed by atoms with Gasteiger partial charge in [0, 0.05) is 40.5 Å². The molecule has 1 aliphatic heterocycles. The number of nitrogens with one attached hydrogen (secondary N) is 1. The quantitative estimate of drug-likeness (QED) is 0.264. The predicted octanol–water partition coefficient (Wildman–Crippen LogP) is 5.12. The zero-order valence-electron chi connectivity index (χ0n) is 20.8. The minimum Gasteiger partial charge on any atom is -0.389 e. The smallest absolute Gasteiger partial charge is 0.280 e. The van der Waals surface area contributed by atoms with Crippen LogP contribution in [0.5, 0.6) is 0 Å². The van der Waals surface area contributed by atoms with E-state index in [-0.39, 0.29) is 11.7 Å². The molecule has 7 nitrogen and oxygen atoms in total. The van der Waals surface area contributed by atoms with Crippen LogP contribution in [-0.4, -0.2) is 39.7 Å². The predicted molar refractivity (Wildman–Crippen MR) is 148 cm³/mol. The molecular weight excluding hydrogens is 464 g/mol. The summed E-state index contributed by atoms with van der Waals surface area (Å²) in [5.74, 6) is -0.147. The van der Waals surface area contributed by atoms with Crippen molar-refractivity contribution in [3.8, 4) is 0 Å². The van der Waals surface area contributed by atoms with Gasteiger partial charge in [-0.05, 0) is 62.4 Å². The molecule has 1 aliphatic rings. The second-order valence-electron chi connectivity index (χ2n) is 9.12. The number of ketones is 1. The number of hydrazone groups is 1. The second-order valence-corrected chi connectivity index (χ2v) is 9.12. The summed E-state index contributed by atoms with van der Waals surface area (Å²) >= 11 is 0. The Hall–Kier alpha value is -4.49. The van der Waals surface area contributed by atoms with Crippen molar-refractivity contribution in [2.45, 2.75) is 26.5 Å². The third-order valence-corrected chi connectivity index (χ3v) is 6.42. The van der Waals surface area contributed by atoms with E-state index < -0.39 is 6.10 Å². The Morgan fingerprint density at radius 2 is 1.73 bits per heavy atom. The Morgan fingerprint density at radius 1 is 1.03 bits per heavy atom. The first-order valence-electron chi connectivity index (χ1n) is 12.2. The molecule has 0 saturated heterocycles. The zero-order chi connectivity index (χ0) is 25.9. The number of para-hydroxylation sites is 2. The number of nitrogens with zero attached hydrogens (tertiary/aromatic N) is 3. The Kier molecular flexibility index (Phi) is 6.70. The molecule has 2 N–H and O–H groups in total. The fraction of sp³-hybridized carbons (Fsp3) is 0.167. The average Bonchev–Trinajstić information content (AvgIpc) is 3.40. The third-order valence-electron chi connectivity index (χ3n) is 6.42. The van der Waals surface area contributed by atoms with Gasteiger partial charge in [-0.15, -0.1) is 0 Å². The van der Waals surface area contributed by atoms with E-state index in [1.807, 2.05) is 90.5 Å². The zero-order valence-corrected chi connectivity index (χ0v) is 20.8. The maximum Gasteiger partial charge on any atom is 0.280 e. The highest BCUT2D eigenvalue weighted by Gasteiger charge is 2.29. The molecule has 2 heterocycles. The van der Waals surface area contributed by atoms with Crippen LogP contribution in [0.1, 0.15) is 29.8 Å². The number of aromatic nitrogens is 1. The van der Waals surface area contributed by atoms with Gasteiger partial charge in [0.15, 0.2) is 5.78 Å². The number of fused-ring (bicyclic) bond motifs is 1. The summed E-state index contributed by atoms with van der Waals surface area (Å²) in [7, 11) is 0. The normalized spacial score (nSPS) is 15.3. The SMILES string of the molecule is CC(=O)c1ccc(NC[C@H](O)Cn2cc(/C=C3/C(=O)N(c4ccccc4)N=C3C)c3ccccc32)cc1. The van der Waals surface area contributed by atoms with E-state index in [1.165, 1.54) is 11.9 Å². The summed E-state index contributed by atoms with van der Waals surface area (Å²) in [5.41, 5.74) is 5.28. The number of hydrogen-bond acceptors (Lipinski definition) is 5. The first-order chi connectivity index (χ1) is 17.9. The molecule has 0 aliphatic carbocycles. The topological polar surface area (TPSA) is 86.9 Å². The van der Waals surface area contributed by atoms with E-state index >= 15 is 0 Å². The van der Waals surface area contributed by atoms with E-state index in [9.17, 15) is 14.7 Å². The van der Waals surface area contributed by atoms with Gasteiger partial charge in [-0.2, -0.15) is 10.1 Å². The largest absolute Gasteiger partial charge is 0.389 e. The summed E-state index contributed by atoms with van der Waals surface area (Å²) in [6.07, 6.45) is 3.19. The van der Waals surface area contributed by atoms with E-state index in [1.54, 1.807) is 12.1 Å². The average molecular weight is 493 g/mol. The summed E-state index contributed by atoms with van der Waals surface area (Å²) < 4.78 is 2.01. The second kappa shape index (κ2) is 10.2. The van der Waals surface area contributed by atoms with Crippen LogP contribution >= 0.6 is 0 Å². The van der Waals surface area contributed by atoms with Gasteiger partial charge in [-0.25, -0.2) is 0 Å². The fourth-order valence-electron chi connectivity index (χ4n) is 4.48. The molecule has 0 fully saturated rings. The lowest BCUT2D eigenvalue weighted by molar-refractivity contribution is -0.114. The van der Waals surface area contributed by atoms with Crippen LogP contribution in [-0.2, 0) is 11.3 Å². The number of benzene rings is 3. The summed E-state index contributed by atoms with van der Waals surface area (Å²) in [5, 5.41) is 20.9. The van der Waals surface area contributed by atoms with Crippen LogP contribution in [0, 0.1) is 0 Å². The van der Waals surface area contributed by atoms with Gasteiger partial charge in [0.25, 0.3) is 5.91 Å². The molecule has 4 aromatic rings. The van der Waals surface area contributed by atoms with Gasteiger partial charge >= 0.3 is 0 Å². The monoisotopic (exact) mass is 492 g/mol. The summed E-state index contributed by atoms with van der Waals surface area (Å²) in [6.45, 7) is 4.09. The molecule has 7 heteroatoms. The molecule has 0 radical (unpaired) electrons. The first kappa shape index (κ1) is 24.2. The molecule has 1 amide bonds. The lowest BCUT2D eigenvalue weighted by atomic mass is 10.1. The number of Topliss-reactive ketones (excluding diaryl/α,β-unsaturated/α-hetero) is 1. The molecule has 37 heavy (non-hydrogen) atoms. The summed E-state index contributed by atoms with van der Waals surface area (Å²) in [4.78, 5) is 24.7. The van der Waals surface area contributed by atoms with Gasteiger partial charge in [0.2, 0.25) is 0 Å². The van der Waals surface area contributed by atoms with Crippen molar-refractivity contribution in [1.82, 2.24) is 4.57 Å². The van der Waals surface area contributed by atoms with Crippen molar-refractivity contribution in [2.75, 3.05) is 16.9 Å². The highest BCUT2D eigenvalue weighted by molar-refractivity contribution is 6.32. The van der Waals surface area contributed by atoms with E-state index in [4.69, 9.17) is 0 Å². The molecule has 0 saturated carbocycles. The Labute approximate surface area is 215 Å². The number of carbonyl (C=O) groups excluding carboxylic acids is 2. The number of carbonyl (C=O) groups is 2. The number of aliphatic hydroxyl groups is 1. The van der Waals surface area contributed by atoms with Crippen molar-refractivity contribution in [3.63, 3.8) is 0 Å². The lowest BCUT2D eigenvalue weighted by Gasteiger charge is -2.14. The van der Waals surface area contributed by atoms with Crippen molar-refractivity contribution >= 4 is 45.8 Å². The number of rotatable bonds is 8. The van der Waals surface area contributed by atoms with Gasteiger partial charge in [0.1, 0.15) is 0 Å². The van der Waals surface area contributed by atoms with Crippen LogP contribution in [0.25, 0.3) is 17.0 Å². The molecule has 3 aromatic carbocycles. The van der Waals surface area contributed by atoms with E-state index in [2.05, 4.69) is 10.4 Å². The molecule has 0 bridgehead atoms. The van der Waals surface area contributed by atoms with Crippen LogP contribution in [0.15, 0.2) is 95.7 Å². The van der Waals surface area contributed by atoms with Crippen LogP contribution < -0.4 is 10.3 Å². The van der Waals surface area contributed by atoms with Gasteiger partial charge in [0.05, 0.1) is 29.6 Å². The Bertz CT molecular complexity index is 1520. The molecule has 0 spiro atoms. The third kappa shape index (κ3) is 5.08. The highest BCUT2D eigenvalue weighted by atomic mass is 16.3. The summed E-state index contributed by atoms with van der Waals surface area (Å²) in [6, 6.07) is 24.5. The molecule has 186 valence electrons. The minimum atomic E-state index is -0.659. The first-order valence-corrected chi connectivity index (χ1v) is 12.2. The molecule has 0 unspecified atom stereocenters. The van der Waals surface area contributed by atoms with Gasteiger partial charge < -0.3 is 15.0 Å². The molecular formula is C30H28N4O3. The van der Waals surface area contributed by atoms with E-state index in [0.29, 0.717) is 29.9 Å². The number of aliphatic hydroxyl groups excluding tert-OH is 1. The lowest BCUT2D eigenvalue weighted by Crippen LogP contribution is -2.24. The van der Waals surface area contributed by atoms with Gasteiger partial charge in [-0.3, -0.25) is 9.59 Å². The maximum absolute atomic E-state index is 13.2. The molecule has 1 aromatic heterocycles. The highest BCUT2D eigenvalue weighted by Crippen LogP contribution is 2.28. The van der Waals surface area contributed by atoms with Crippen LogP contribution in [0.4, 0.5) is 11.4 Å². The van der Waals surface area contributed by atoms with Crippen molar-refractivity contribution in [3.05, 3.63) is 102 Å². The standard InChI is InChI=1S/C30H28N4O3/c1-20-28(30(37)34(32-20)25-8-4-3-5-9-25)16-23-18-33(29-11-7-6-10-27(23)29)19-26(36)17-31-24-14-12-22(13-15-24)21(2)35/h3-16,18,26,31,36H,17,19H2,1-2H3/b28-16+/t26-/m0/s1. The Morgan fingerprint density at radius 3 is 2.46 bits per heavy atom. The van der Waals surface area contributed by atoms with E-state index in [0.717, 1.165) is 27.8 Å². The van der Waals surface area contributed by atoms with Crippen LogP contribution in [0.2, 0.25) is 0 Å². The number of anilines is 2. The Balaban J connectivity index is 1.35. The fourth-order valence-corrected chi connectivity index (χ4v) is 4.48.